The van der Waals surface area contributed by atoms with E-state index in [1.807, 2.05) is 14.1 Å². The lowest BCUT2D eigenvalue weighted by Crippen LogP contribution is -2.44. The van der Waals surface area contributed by atoms with E-state index in [1.165, 1.54) is 38.0 Å². The summed E-state index contributed by atoms with van der Waals surface area (Å²) >= 11 is 0. The Hall–Kier alpha value is -1.59. The van der Waals surface area contributed by atoms with Gasteiger partial charge in [-0.25, -0.2) is 0 Å². The fourth-order valence-corrected chi connectivity index (χ4v) is 5.04. The second kappa shape index (κ2) is 8.42. The number of piperidine rings is 1. The molecule has 1 spiro atoms. The minimum atomic E-state index is 0.264. The van der Waals surface area contributed by atoms with Crippen LogP contribution in [0.1, 0.15) is 37.7 Å². The van der Waals surface area contributed by atoms with Crippen molar-refractivity contribution in [3.63, 3.8) is 0 Å². The summed E-state index contributed by atoms with van der Waals surface area (Å²) in [6.07, 6.45) is 6.95. The number of anilines is 1. The minimum Gasteiger partial charge on any atom is -0.378 e. The van der Waals surface area contributed by atoms with Crippen molar-refractivity contribution in [3.05, 3.63) is 29.8 Å². The molecule has 0 bridgehead atoms. The fraction of sp³-hybridized carbons (Fsp3) is 0.696. The van der Waals surface area contributed by atoms with Gasteiger partial charge in [-0.15, -0.1) is 0 Å². The Bertz CT molecular complexity index is 659. The van der Waals surface area contributed by atoms with E-state index >= 15 is 0 Å². The molecule has 1 aromatic carbocycles. The molecule has 3 aliphatic rings. The number of carbonyl (C=O) groups is 1. The van der Waals surface area contributed by atoms with Gasteiger partial charge in [0.05, 0.1) is 19.1 Å². The summed E-state index contributed by atoms with van der Waals surface area (Å²) in [5.41, 5.74) is 2.58. The Labute approximate surface area is 169 Å². The standard InChI is InChI=1S/C23H35N3O2/c1-24(2)20-7-5-19(6-8-20)15-22(27)26-13-9-23(10-14-26)16-21(28-18-23)17-25-11-3-4-12-25/h5-8,21H,3-4,9-18H2,1-2H3. The number of benzene rings is 1. The Kier molecular flexibility index (Phi) is 5.93. The van der Waals surface area contributed by atoms with E-state index in [0.29, 0.717) is 17.9 Å². The van der Waals surface area contributed by atoms with Crippen molar-refractivity contribution < 1.29 is 9.53 Å². The molecular formula is C23H35N3O2. The normalized spacial score (nSPS) is 24.8. The zero-order valence-electron chi connectivity index (χ0n) is 17.5. The molecule has 0 N–H and O–H groups in total. The first-order valence-corrected chi connectivity index (χ1v) is 10.9. The van der Waals surface area contributed by atoms with Crippen molar-refractivity contribution in [1.82, 2.24) is 9.80 Å². The van der Waals surface area contributed by atoms with Crippen LogP contribution in [-0.4, -0.2) is 75.2 Å². The van der Waals surface area contributed by atoms with Gasteiger partial charge in [-0.2, -0.15) is 0 Å². The van der Waals surface area contributed by atoms with E-state index in [0.717, 1.165) is 44.6 Å². The molecule has 5 nitrogen and oxygen atoms in total. The Morgan fingerprint density at radius 3 is 2.43 bits per heavy atom. The largest absolute Gasteiger partial charge is 0.378 e. The highest BCUT2D eigenvalue weighted by Gasteiger charge is 2.43. The maximum atomic E-state index is 12.8. The predicted molar refractivity (Wildman–Crippen MR) is 113 cm³/mol. The molecule has 0 radical (unpaired) electrons. The molecule has 0 aromatic heterocycles. The van der Waals surface area contributed by atoms with Crippen LogP contribution in [0, 0.1) is 5.41 Å². The average Bonchev–Trinajstić information content (AvgIpc) is 3.33. The highest BCUT2D eigenvalue weighted by atomic mass is 16.5. The van der Waals surface area contributed by atoms with Gasteiger partial charge in [0.2, 0.25) is 5.91 Å². The lowest BCUT2D eigenvalue weighted by molar-refractivity contribution is -0.132. The summed E-state index contributed by atoms with van der Waals surface area (Å²) in [5, 5.41) is 0. The third kappa shape index (κ3) is 4.52. The molecule has 0 saturated carbocycles. The number of hydrogen-bond donors (Lipinski definition) is 0. The van der Waals surface area contributed by atoms with Crippen LogP contribution < -0.4 is 4.90 Å². The smallest absolute Gasteiger partial charge is 0.226 e. The van der Waals surface area contributed by atoms with Gasteiger partial charge in [0, 0.05) is 39.4 Å². The lowest BCUT2D eigenvalue weighted by Gasteiger charge is -2.38. The molecule has 1 amide bonds. The number of rotatable bonds is 5. The van der Waals surface area contributed by atoms with Gasteiger partial charge in [-0.3, -0.25) is 4.79 Å². The molecule has 1 unspecified atom stereocenters. The van der Waals surface area contributed by atoms with Crippen molar-refractivity contribution in [2.24, 2.45) is 5.41 Å². The maximum absolute atomic E-state index is 12.8. The molecule has 28 heavy (non-hydrogen) atoms. The zero-order valence-corrected chi connectivity index (χ0v) is 17.5. The molecule has 3 fully saturated rings. The second-order valence-electron chi connectivity index (χ2n) is 9.26. The first-order valence-electron chi connectivity index (χ1n) is 10.9. The molecule has 3 saturated heterocycles. The van der Waals surface area contributed by atoms with Gasteiger partial charge < -0.3 is 19.4 Å². The molecule has 4 rings (SSSR count). The van der Waals surface area contributed by atoms with E-state index in [4.69, 9.17) is 4.74 Å². The van der Waals surface area contributed by atoms with E-state index < -0.39 is 0 Å². The summed E-state index contributed by atoms with van der Waals surface area (Å²) in [6.45, 7) is 6.24. The van der Waals surface area contributed by atoms with Crippen molar-refractivity contribution in [2.75, 3.05) is 58.3 Å². The number of nitrogens with zero attached hydrogens (tertiary/aromatic N) is 3. The van der Waals surface area contributed by atoms with Crippen LogP contribution in [0.2, 0.25) is 0 Å². The first-order chi connectivity index (χ1) is 13.5. The Morgan fingerprint density at radius 1 is 1.11 bits per heavy atom. The third-order valence-electron chi connectivity index (χ3n) is 6.93. The van der Waals surface area contributed by atoms with E-state index in [2.05, 4.69) is 39.0 Å². The summed E-state index contributed by atoms with van der Waals surface area (Å²) in [5.74, 6) is 0.264. The van der Waals surface area contributed by atoms with E-state index in [1.54, 1.807) is 0 Å². The number of carbonyl (C=O) groups excluding carboxylic acids is 1. The van der Waals surface area contributed by atoms with Crippen molar-refractivity contribution in [3.8, 4) is 0 Å². The summed E-state index contributed by atoms with van der Waals surface area (Å²) in [7, 11) is 4.07. The monoisotopic (exact) mass is 385 g/mol. The number of hydrogen-bond acceptors (Lipinski definition) is 4. The lowest BCUT2D eigenvalue weighted by atomic mass is 9.76. The summed E-state index contributed by atoms with van der Waals surface area (Å²) < 4.78 is 6.18. The molecular weight excluding hydrogens is 350 g/mol. The number of likely N-dealkylation sites (tertiary alicyclic amines) is 2. The molecule has 0 aliphatic carbocycles. The van der Waals surface area contributed by atoms with Crippen LogP contribution in [0.4, 0.5) is 5.69 Å². The van der Waals surface area contributed by atoms with Crippen molar-refractivity contribution in [2.45, 2.75) is 44.6 Å². The molecule has 1 atom stereocenters. The summed E-state index contributed by atoms with van der Waals surface area (Å²) in [4.78, 5) is 19.5. The van der Waals surface area contributed by atoms with E-state index in [9.17, 15) is 4.79 Å². The summed E-state index contributed by atoms with van der Waals surface area (Å²) in [6, 6.07) is 8.33. The van der Waals surface area contributed by atoms with Gasteiger partial charge in [0.15, 0.2) is 0 Å². The Morgan fingerprint density at radius 2 is 1.79 bits per heavy atom. The van der Waals surface area contributed by atoms with Crippen molar-refractivity contribution in [1.29, 1.82) is 0 Å². The van der Waals surface area contributed by atoms with Gasteiger partial charge in [-0.05, 0) is 68.3 Å². The quantitative estimate of drug-likeness (QED) is 0.781. The molecule has 3 heterocycles. The molecule has 5 heteroatoms. The van der Waals surface area contributed by atoms with Crippen LogP contribution in [-0.2, 0) is 16.0 Å². The molecule has 3 aliphatic heterocycles. The molecule has 1 aromatic rings. The van der Waals surface area contributed by atoms with Gasteiger partial charge in [-0.1, -0.05) is 12.1 Å². The van der Waals surface area contributed by atoms with E-state index in [-0.39, 0.29) is 5.91 Å². The number of ether oxygens (including phenoxy) is 1. The van der Waals surface area contributed by atoms with Crippen LogP contribution in [0.25, 0.3) is 0 Å². The van der Waals surface area contributed by atoms with Gasteiger partial charge in [0.1, 0.15) is 0 Å². The highest BCUT2D eigenvalue weighted by molar-refractivity contribution is 5.79. The van der Waals surface area contributed by atoms with Gasteiger partial charge in [0.25, 0.3) is 0 Å². The van der Waals surface area contributed by atoms with Gasteiger partial charge >= 0.3 is 0 Å². The third-order valence-corrected chi connectivity index (χ3v) is 6.93. The number of amides is 1. The van der Waals surface area contributed by atoms with Crippen molar-refractivity contribution >= 4 is 11.6 Å². The predicted octanol–water partition coefficient (Wildman–Crippen LogP) is 2.79. The highest BCUT2D eigenvalue weighted by Crippen LogP contribution is 2.42. The van der Waals surface area contributed by atoms with Crippen LogP contribution in [0.5, 0.6) is 0 Å². The maximum Gasteiger partial charge on any atom is 0.226 e. The molecule has 154 valence electrons. The second-order valence-corrected chi connectivity index (χ2v) is 9.26. The SMILES string of the molecule is CN(C)c1ccc(CC(=O)N2CCC3(CC2)COC(CN2CCCC2)C3)cc1. The zero-order chi connectivity index (χ0) is 19.6. The minimum absolute atomic E-state index is 0.264. The fourth-order valence-electron chi connectivity index (χ4n) is 5.04. The topological polar surface area (TPSA) is 36.0 Å². The first kappa shape index (κ1) is 19.7. The van der Waals surface area contributed by atoms with Crippen LogP contribution in [0.15, 0.2) is 24.3 Å². The van der Waals surface area contributed by atoms with Crippen LogP contribution >= 0.6 is 0 Å². The Balaban J connectivity index is 1.25. The average molecular weight is 386 g/mol. The van der Waals surface area contributed by atoms with Crippen LogP contribution in [0.3, 0.4) is 0 Å².